The zero-order valence-electron chi connectivity index (χ0n) is 11.3. The Morgan fingerprint density at radius 3 is 1.94 bits per heavy atom. The summed E-state index contributed by atoms with van der Waals surface area (Å²) in [4.78, 5) is 0. The predicted octanol–water partition coefficient (Wildman–Crippen LogP) is 1.85. The Labute approximate surface area is 111 Å². The van der Waals surface area contributed by atoms with Crippen molar-refractivity contribution in [2.75, 3.05) is 0 Å². The van der Waals surface area contributed by atoms with Crippen LogP contribution in [0.25, 0.3) is 0 Å². The lowest BCUT2D eigenvalue weighted by molar-refractivity contribution is 0.0348. The zero-order valence-corrected chi connectivity index (χ0v) is 11.3. The Morgan fingerprint density at radius 2 is 1.50 bits per heavy atom. The second kappa shape index (κ2) is 5.83. The third-order valence-corrected chi connectivity index (χ3v) is 4.41. The smallest absolute Gasteiger partial charge is 0.0281 e. The summed E-state index contributed by atoms with van der Waals surface area (Å²) in [5, 5.41) is 0. The monoisotopic (exact) mass is 249 g/mol. The van der Waals surface area contributed by atoms with E-state index >= 15 is 0 Å². The molecule has 0 saturated heterocycles. The van der Waals surface area contributed by atoms with E-state index in [4.69, 9.17) is 17.2 Å². The summed E-state index contributed by atoms with van der Waals surface area (Å²) in [6.45, 7) is 11.5. The Bertz CT molecular complexity index is 314. The molecule has 0 aliphatic heterocycles. The van der Waals surface area contributed by atoms with E-state index in [0.717, 1.165) is 32.1 Å². The van der Waals surface area contributed by atoms with Gasteiger partial charge in [0.05, 0.1) is 0 Å². The van der Waals surface area contributed by atoms with Gasteiger partial charge in [0.25, 0.3) is 0 Å². The lowest BCUT2D eigenvalue weighted by Gasteiger charge is -2.56. The highest BCUT2D eigenvalue weighted by Crippen LogP contribution is 2.49. The molecule has 102 valence electrons. The number of allylic oxidation sites excluding steroid dienone is 2. The van der Waals surface area contributed by atoms with Crippen molar-refractivity contribution in [2.45, 2.75) is 49.7 Å². The van der Waals surface area contributed by atoms with Crippen molar-refractivity contribution < 1.29 is 0 Å². The minimum absolute atomic E-state index is 0.0257. The van der Waals surface area contributed by atoms with Crippen LogP contribution < -0.4 is 17.2 Å². The number of rotatable bonds is 6. The van der Waals surface area contributed by atoms with E-state index in [1.165, 1.54) is 0 Å². The Balaban J connectivity index is 3.22. The molecule has 3 heteroatoms. The molecule has 1 aliphatic rings. The van der Waals surface area contributed by atoms with Gasteiger partial charge in [0, 0.05) is 23.0 Å². The minimum atomic E-state index is -0.422. The number of hydrogen-bond acceptors (Lipinski definition) is 3. The molecule has 0 heterocycles. The summed E-state index contributed by atoms with van der Waals surface area (Å²) in [6.07, 6.45) is 9.55. The van der Waals surface area contributed by atoms with Crippen molar-refractivity contribution in [2.24, 2.45) is 22.6 Å². The maximum absolute atomic E-state index is 6.68. The molecule has 0 aromatic carbocycles. The molecule has 18 heavy (non-hydrogen) atoms. The molecule has 0 aromatic rings. The summed E-state index contributed by atoms with van der Waals surface area (Å²) in [7, 11) is 0. The fourth-order valence-electron chi connectivity index (χ4n) is 3.53. The van der Waals surface area contributed by atoms with E-state index in [0.29, 0.717) is 0 Å². The van der Waals surface area contributed by atoms with Gasteiger partial charge in [0.1, 0.15) is 0 Å². The SMILES string of the molecule is C=CCC1(CC=C)[C@H](N)C[C@H](N)C[C@]1(N)CC=C. The summed E-state index contributed by atoms with van der Waals surface area (Å²) in [6, 6.07) is 0.0369. The van der Waals surface area contributed by atoms with Crippen LogP contribution in [-0.2, 0) is 0 Å². The molecule has 6 N–H and O–H groups in total. The normalized spacial score (nSPS) is 34.8. The average Bonchev–Trinajstić information content (AvgIpc) is 2.26. The first-order valence-electron chi connectivity index (χ1n) is 6.58. The standard InChI is InChI=1S/C15H27N3/c1-4-7-14(8-5-2)13(17)10-12(16)11-15(14,18)9-6-3/h4-6,12-13H,1-3,7-11,16-18H2/t12-,13+,15+/m0/s1. The molecule has 3 atom stereocenters. The van der Waals surface area contributed by atoms with E-state index in [-0.39, 0.29) is 17.5 Å². The Morgan fingerprint density at radius 1 is 1.00 bits per heavy atom. The van der Waals surface area contributed by atoms with Crippen LogP contribution in [-0.4, -0.2) is 17.6 Å². The van der Waals surface area contributed by atoms with E-state index < -0.39 is 5.54 Å². The molecule has 0 spiro atoms. The van der Waals surface area contributed by atoms with Crippen molar-refractivity contribution in [1.82, 2.24) is 0 Å². The fourth-order valence-corrected chi connectivity index (χ4v) is 3.53. The molecule has 0 amide bonds. The molecule has 1 fully saturated rings. The van der Waals surface area contributed by atoms with E-state index in [9.17, 15) is 0 Å². The van der Waals surface area contributed by atoms with Gasteiger partial charge in [-0.15, -0.1) is 19.7 Å². The number of hydrogen-bond donors (Lipinski definition) is 3. The highest BCUT2D eigenvalue weighted by Gasteiger charge is 2.53. The molecule has 1 rings (SSSR count). The maximum atomic E-state index is 6.68. The van der Waals surface area contributed by atoms with Crippen LogP contribution in [0, 0.1) is 5.41 Å². The first-order chi connectivity index (χ1) is 8.45. The van der Waals surface area contributed by atoms with Crippen LogP contribution in [0.3, 0.4) is 0 Å². The highest BCUT2D eigenvalue weighted by molar-refractivity contribution is 5.17. The van der Waals surface area contributed by atoms with Crippen molar-refractivity contribution in [3.63, 3.8) is 0 Å². The Hall–Kier alpha value is -0.900. The maximum Gasteiger partial charge on any atom is 0.0281 e. The van der Waals surface area contributed by atoms with Gasteiger partial charge < -0.3 is 17.2 Å². The van der Waals surface area contributed by atoms with Crippen molar-refractivity contribution in [1.29, 1.82) is 0 Å². The van der Waals surface area contributed by atoms with Gasteiger partial charge >= 0.3 is 0 Å². The largest absolute Gasteiger partial charge is 0.328 e. The first-order valence-corrected chi connectivity index (χ1v) is 6.58. The summed E-state index contributed by atoms with van der Waals surface area (Å²) in [5.41, 5.74) is 18.5. The molecular formula is C15H27N3. The topological polar surface area (TPSA) is 78.1 Å². The quantitative estimate of drug-likeness (QED) is 0.629. The lowest BCUT2D eigenvalue weighted by Crippen LogP contribution is -2.68. The summed E-state index contributed by atoms with van der Waals surface area (Å²) >= 11 is 0. The van der Waals surface area contributed by atoms with Crippen molar-refractivity contribution in [3.05, 3.63) is 38.0 Å². The fraction of sp³-hybridized carbons (Fsp3) is 0.600. The van der Waals surface area contributed by atoms with E-state index in [2.05, 4.69) is 19.7 Å². The molecule has 0 unspecified atom stereocenters. The zero-order chi connectivity index (χ0) is 13.8. The van der Waals surface area contributed by atoms with Gasteiger partial charge in [-0.1, -0.05) is 18.2 Å². The van der Waals surface area contributed by atoms with Crippen LogP contribution in [0.1, 0.15) is 32.1 Å². The minimum Gasteiger partial charge on any atom is -0.328 e. The lowest BCUT2D eigenvalue weighted by atomic mass is 9.54. The molecule has 1 saturated carbocycles. The number of nitrogens with two attached hydrogens (primary N) is 3. The summed E-state index contributed by atoms with van der Waals surface area (Å²) < 4.78 is 0. The third kappa shape index (κ3) is 2.44. The van der Waals surface area contributed by atoms with E-state index in [1.807, 2.05) is 18.2 Å². The second-order valence-corrected chi connectivity index (χ2v) is 5.60. The van der Waals surface area contributed by atoms with Crippen molar-refractivity contribution >= 4 is 0 Å². The molecule has 0 radical (unpaired) electrons. The summed E-state index contributed by atoms with van der Waals surface area (Å²) in [5.74, 6) is 0. The van der Waals surface area contributed by atoms with Crippen LogP contribution >= 0.6 is 0 Å². The van der Waals surface area contributed by atoms with E-state index in [1.54, 1.807) is 0 Å². The molecular weight excluding hydrogens is 222 g/mol. The van der Waals surface area contributed by atoms with Crippen molar-refractivity contribution in [3.8, 4) is 0 Å². The predicted molar refractivity (Wildman–Crippen MR) is 79.0 cm³/mol. The Kier molecular flexibility index (Phi) is 4.91. The van der Waals surface area contributed by atoms with Crippen LogP contribution in [0.5, 0.6) is 0 Å². The van der Waals surface area contributed by atoms with Crippen LogP contribution in [0.15, 0.2) is 38.0 Å². The van der Waals surface area contributed by atoms with Gasteiger partial charge in [-0.2, -0.15) is 0 Å². The van der Waals surface area contributed by atoms with Gasteiger partial charge in [0.15, 0.2) is 0 Å². The first kappa shape index (κ1) is 15.2. The third-order valence-electron chi connectivity index (χ3n) is 4.41. The van der Waals surface area contributed by atoms with Gasteiger partial charge in [-0.05, 0) is 32.1 Å². The highest BCUT2D eigenvalue weighted by atomic mass is 14.9. The van der Waals surface area contributed by atoms with Gasteiger partial charge in [-0.25, -0.2) is 0 Å². The van der Waals surface area contributed by atoms with Crippen LogP contribution in [0.4, 0.5) is 0 Å². The molecule has 0 bridgehead atoms. The van der Waals surface area contributed by atoms with Crippen LogP contribution in [0.2, 0.25) is 0 Å². The van der Waals surface area contributed by atoms with Gasteiger partial charge in [0.2, 0.25) is 0 Å². The molecule has 3 nitrogen and oxygen atoms in total. The van der Waals surface area contributed by atoms with Gasteiger partial charge in [-0.3, -0.25) is 0 Å². The molecule has 0 aromatic heterocycles. The second-order valence-electron chi connectivity index (χ2n) is 5.60. The molecule has 1 aliphatic carbocycles. The average molecular weight is 249 g/mol.